The van der Waals surface area contributed by atoms with Crippen LogP contribution in [0.15, 0.2) is 6.07 Å². The van der Waals surface area contributed by atoms with Crippen LogP contribution < -0.4 is 5.73 Å². The monoisotopic (exact) mass is 296 g/mol. The molecule has 2 heterocycles. The highest BCUT2D eigenvalue weighted by Gasteiger charge is 2.40. The van der Waals surface area contributed by atoms with Gasteiger partial charge in [0, 0.05) is 35.4 Å². The third-order valence-electron chi connectivity index (χ3n) is 3.82. The maximum atomic E-state index is 6.18. The highest BCUT2D eigenvalue weighted by atomic mass is 32.1. The number of aryl methyl sites for hydroxylation is 2. The Bertz CT molecular complexity index is 463. The molecule has 1 atom stereocenters. The Morgan fingerprint density at radius 3 is 2.20 bits per heavy atom. The second-order valence-electron chi connectivity index (χ2n) is 7.15. The first-order valence-electron chi connectivity index (χ1n) is 7.35. The second kappa shape index (κ2) is 5.41. The molecule has 1 unspecified atom stereocenters. The molecule has 114 valence electrons. The minimum Gasteiger partial charge on any atom is -0.367 e. The van der Waals surface area contributed by atoms with Gasteiger partial charge < -0.3 is 10.5 Å². The van der Waals surface area contributed by atoms with E-state index in [-0.39, 0.29) is 11.2 Å². The third kappa shape index (κ3) is 3.42. The van der Waals surface area contributed by atoms with E-state index in [2.05, 4.69) is 52.5 Å². The summed E-state index contributed by atoms with van der Waals surface area (Å²) in [5.41, 5.74) is 7.24. The molecule has 1 aromatic heterocycles. The molecule has 0 aliphatic carbocycles. The Kier molecular flexibility index (Phi) is 4.32. The zero-order valence-electron chi connectivity index (χ0n) is 13.6. The lowest BCUT2D eigenvalue weighted by Gasteiger charge is -2.49. The van der Waals surface area contributed by atoms with Crippen molar-refractivity contribution >= 4 is 11.3 Å². The number of nitrogens with two attached hydrogens (primary N) is 1. The van der Waals surface area contributed by atoms with Crippen LogP contribution in [0.1, 0.15) is 49.1 Å². The van der Waals surface area contributed by atoms with Gasteiger partial charge in [-0.1, -0.05) is 0 Å². The number of ether oxygens (including phenoxy) is 1. The first-order valence-corrected chi connectivity index (χ1v) is 8.16. The highest BCUT2D eigenvalue weighted by Crippen LogP contribution is 2.36. The predicted molar refractivity (Wildman–Crippen MR) is 86.4 cm³/mol. The number of rotatable bonds is 3. The smallest absolute Gasteiger partial charge is 0.0761 e. The molecule has 0 saturated carbocycles. The van der Waals surface area contributed by atoms with E-state index in [4.69, 9.17) is 10.5 Å². The van der Waals surface area contributed by atoms with Gasteiger partial charge >= 0.3 is 0 Å². The fourth-order valence-corrected chi connectivity index (χ4v) is 4.50. The zero-order valence-corrected chi connectivity index (χ0v) is 14.4. The topological polar surface area (TPSA) is 38.5 Å². The highest BCUT2D eigenvalue weighted by molar-refractivity contribution is 7.12. The van der Waals surface area contributed by atoms with Crippen molar-refractivity contribution in [3.63, 3.8) is 0 Å². The van der Waals surface area contributed by atoms with Gasteiger partial charge in [0.15, 0.2) is 0 Å². The largest absolute Gasteiger partial charge is 0.367 e. The van der Waals surface area contributed by atoms with Crippen LogP contribution in [0.25, 0.3) is 0 Å². The maximum Gasteiger partial charge on any atom is 0.0761 e. The van der Waals surface area contributed by atoms with E-state index in [9.17, 15) is 0 Å². The molecular formula is C16H28N2OS. The molecule has 2 N–H and O–H groups in total. The molecule has 0 aromatic carbocycles. The van der Waals surface area contributed by atoms with Crippen molar-refractivity contribution in [2.75, 3.05) is 19.6 Å². The van der Waals surface area contributed by atoms with E-state index in [0.717, 1.165) is 13.1 Å². The van der Waals surface area contributed by atoms with Gasteiger partial charge in [-0.25, -0.2) is 0 Å². The van der Waals surface area contributed by atoms with Crippen molar-refractivity contribution in [1.82, 2.24) is 4.90 Å². The second-order valence-corrected chi connectivity index (χ2v) is 8.61. The predicted octanol–water partition coefficient (Wildman–Crippen LogP) is 3.25. The Labute approximate surface area is 127 Å². The van der Waals surface area contributed by atoms with Crippen molar-refractivity contribution in [3.8, 4) is 0 Å². The first-order chi connectivity index (χ1) is 9.13. The Hall–Kier alpha value is -0.420. The summed E-state index contributed by atoms with van der Waals surface area (Å²) in [4.78, 5) is 5.25. The molecule has 3 nitrogen and oxygen atoms in total. The van der Waals surface area contributed by atoms with Crippen LogP contribution in [0.3, 0.4) is 0 Å². The van der Waals surface area contributed by atoms with Crippen LogP contribution in [0.4, 0.5) is 0 Å². The Morgan fingerprint density at radius 2 is 1.80 bits per heavy atom. The molecule has 0 amide bonds. The van der Waals surface area contributed by atoms with Crippen molar-refractivity contribution in [1.29, 1.82) is 0 Å². The molecule has 1 aromatic rings. The van der Waals surface area contributed by atoms with E-state index in [1.54, 1.807) is 0 Å². The van der Waals surface area contributed by atoms with Crippen LogP contribution in [0.2, 0.25) is 0 Å². The lowest BCUT2D eigenvalue weighted by Crippen LogP contribution is -2.58. The molecule has 1 aliphatic heterocycles. The van der Waals surface area contributed by atoms with Crippen LogP contribution in [0, 0.1) is 13.8 Å². The molecule has 0 bridgehead atoms. The van der Waals surface area contributed by atoms with Crippen LogP contribution >= 0.6 is 11.3 Å². The van der Waals surface area contributed by atoms with Crippen molar-refractivity contribution < 1.29 is 4.74 Å². The molecule has 20 heavy (non-hydrogen) atoms. The quantitative estimate of drug-likeness (QED) is 0.930. The van der Waals surface area contributed by atoms with Crippen molar-refractivity contribution in [2.24, 2.45) is 5.73 Å². The molecule has 0 radical (unpaired) electrons. The number of hydrogen-bond acceptors (Lipinski definition) is 4. The van der Waals surface area contributed by atoms with E-state index in [1.807, 2.05) is 11.3 Å². The van der Waals surface area contributed by atoms with Crippen molar-refractivity contribution in [2.45, 2.75) is 58.8 Å². The lowest BCUT2D eigenvalue weighted by atomic mass is 9.95. The number of hydrogen-bond donors (Lipinski definition) is 1. The van der Waals surface area contributed by atoms with Gasteiger partial charge in [0.25, 0.3) is 0 Å². The Morgan fingerprint density at radius 1 is 1.25 bits per heavy atom. The van der Waals surface area contributed by atoms with Crippen molar-refractivity contribution in [3.05, 3.63) is 21.4 Å². The molecule has 1 fully saturated rings. The lowest BCUT2D eigenvalue weighted by molar-refractivity contribution is -0.187. The zero-order chi connectivity index (χ0) is 15.1. The van der Waals surface area contributed by atoms with E-state index >= 15 is 0 Å². The summed E-state index contributed by atoms with van der Waals surface area (Å²) in [5, 5.41) is 0. The molecule has 1 saturated heterocycles. The first kappa shape index (κ1) is 16.0. The number of morpholine rings is 1. The molecular weight excluding hydrogens is 268 g/mol. The van der Waals surface area contributed by atoms with Gasteiger partial charge in [0.1, 0.15) is 0 Å². The molecule has 1 aliphatic rings. The summed E-state index contributed by atoms with van der Waals surface area (Å²) < 4.78 is 6.18. The minimum absolute atomic E-state index is 0.131. The van der Waals surface area contributed by atoms with Gasteiger partial charge in [0.05, 0.1) is 11.2 Å². The molecule has 2 rings (SSSR count). The summed E-state index contributed by atoms with van der Waals surface area (Å²) in [5.74, 6) is 0. The van der Waals surface area contributed by atoms with Gasteiger partial charge in [-0.15, -0.1) is 11.3 Å². The third-order valence-corrected chi connectivity index (χ3v) is 4.80. The van der Waals surface area contributed by atoms with Crippen LogP contribution in [-0.2, 0) is 4.74 Å². The summed E-state index contributed by atoms with van der Waals surface area (Å²) >= 11 is 1.86. The summed E-state index contributed by atoms with van der Waals surface area (Å²) in [6.45, 7) is 15.5. The number of thiophene rings is 1. The van der Waals surface area contributed by atoms with E-state index < -0.39 is 0 Å². The maximum absolute atomic E-state index is 6.18. The fraction of sp³-hybridized carbons (Fsp3) is 0.750. The molecule has 0 spiro atoms. The summed E-state index contributed by atoms with van der Waals surface area (Å²) in [6, 6.07) is 2.59. The number of nitrogens with zero attached hydrogens (tertiary/aromatic N) is 1. The summed E-state index contributed by atoms with van der Waals surface area (Å²) in [6.07, 6.45) is 0. The average Bonchev–Trinajstić information content (AvgIpc) is 2.54. The normalized spacial score (nSPS) is 23.8. The van der Waals surface area contributed by atoms with Gasteiger partial charge in [-0.05, 0) is 53.2 Å². The van der Waals surface area contributed by atoms with Gasteiger partial charge in [-0.2, -0.15) is 0 Å². The van der Waals surface area contributed by atoms with Crippen LogP contribution in [0.5, 0.6) is 0 Å². The van der Waals surface area contributed by atoms with Crippen LogP contribution in [-0.4, -0.2) is 35.7 Å². The summed E-state index contributed by atoms with van der Waals surface area (Å²) in [7, 11) is 0. The van der Waals surface area contributed by atoms with Gasteiger partial charge in [-0.3, -0.25) is 4.90 Å². The average molecular weight is 296 g/mol. The fourth-order valence-electron chi connectivity index (χ4n) is 3.52. The molecule has 4 heteroatoms. The van der Waals surface area contributed by atoms with E-state index in [0.29, 0.717) is 12.6 Å². The SMILES string of the molecule is Cc1cc(C(CN)N2CC(C)(C)OC(C)(C)C2)c(C)s1. The Balaban J connectivity index is 2.29. The minimum atomic E-state index is -0.131. The van der Waals surface area contributed by atoms with E-state index in [1.165, 1.54) is 15.3 Å². The standard InChI is InChI=1S/C16H28N2OS/c1-11-7-13(12(2)20-11)14(8-17)18-9-15(3,4)19-16(5,6)10-18/h7,14H,8-10,17H2,1-6H3. The van der Waals surface area contributed by atoms with Gasteiger partial charge in [0.2, 0.25) is 0 Å².